The molecule has 0 saturated heterocycles. The van der Waals surface area contributed by atoms with Crippen molar-refractivity contribution in [2.24, 2.45) is 5.14 Å². The van der Waals surface area contributed by atoms with Gasteiger partial charge >= 0.3 is 0 Å². The van der Waals surface area contributed by atoms with Crippen LogP contribution in [0.3, 0.4) is 0 Å². The maximum atomic E-state index is 11.2. The fraction of sp³-hybridized carbons (Fsp3) is 0.182. The smallest absolute Gasteiger partial charge is 0.238 e. The Labute approximate surface area is 115 Å². The second kappa shape index (κ2) is 5.16. The van der Waals surface area contributed by atoms with E-state index in [0.29, 0.717) is 17.9 Å². The third-order valence-electron chi connectivity index (χ3n) is 2.45. The number of aryl methyl sites for hydroxylation is 1. The molecule has 0 aliphatic carbocycles. The number of aromatic nitrogens is 1. The summed E-state index contributed by atoms with van der Waals surface area (Å²) < 4.78 is 22.3. The molecule has 6 nitrogen and oxygen atoms in total. The van der Waals surface area contributed by atoms with Crippen molar-refractivity contribution in [2.75, 3.05) is 11.1 Å². The molecule has 8 heteroatoms. The van der Waals surface area contributed by atoms with Gasteiger partial charge in [-0.1, -0.05) is 0 Å². The Balaban J connectivity index is 2.14. The number of primary sulfonamides is 1. The lowest BCUT2D eigenvalue weighted by Gasteiger charge is -2.09. The molecular weight excluding hydrogens is 284 g/mol. The SMILES string of the molecule is Cc1cnc(CNc2ccc(S(N)(=O)=O)cc2N)s1. The molecule has 0 saturated carbocycles. The first-order chi connectivity index (χ1) is 8.86. The highest BCUT2D eigenvalue weighted by Gasteiger charge is 2.10. The molecule has 0 radical (unpaired) electrons. The van der Waals surface area contributed by atoms with Crippen molar-refractivity contribution in [1.29, 1.82) is 0 Å². The predicted molar refractivity (Wildman–Crippen MR) is 76.4 cm³/mol. The molecular formula is C11H14N4O2S2. The summed E-state index contributed by atoms with van der Waals surface area (Å²) in [5, 5.41) is 9.08. The van der Waals surface area contributed by atoms with E-state index in [9.17, 15) is 8.42 Å². The number of anilines is 2. The van der Waals surface area contributed by atoms with Crippen LogP contribution >= 0.6 is 11.3 Å². The minimum Gasteiger partial charge on any atom is -0.397 e. The van der Waals surface area contributed by atoms with Gasteiger partial charge in [0.15, 0.2) is 0 Å². The monoisotopic (exact) mass is 298 g/mol. The molecule has 0 amide bonds. The first-order valence-corrected chi connectivity index (χ1v) is 7.80. The quantitative estimate of drug-likeness (QED) is 0.737. The average Bonchev–Trinajstić information content (AvgIpc) is 2.72. The van der Waals surface area contributed by atoms with E-state index in [4.69, 9.17) is 10.9 Å². The molecule has 0 fully saturated rings. The van der Waals surface area contributed by atoms with E-state index in [1.807, 2.05) is 6.92 Å². The summed E-state index contributed by atoms with van der Waals surface area (Å²) in [5.41, 5.74) is 6.77. The Hall–Kier alpha value is -1.64. The molecule has 1 aromatic heterocycles. The number of thiazole rings is 1. The van der Waals surface area contributed by atoms with Gasteiger partial charge in [0.05, 0.1) is 22.8 Å². The van der Waals surface area contributed by atoms with Gasteiger partial charge in [-0.25, -0.2) is 18.5 Å². The molecule has 0 aliphatic rings. The first kappa shape index (κ1) is 13.8. The maximum absolute atomic E-state index is 11.2. The fourth-order valence-electron chi connectivity index (χ4n) is 1.53. The third kappa shape index (κ3) is 3.43. The van der Waals surface area contributed by atoms with Crippen LogP contribution < -0.4 is 16.2 Å². The zero-order valence-electron chi connectivity index (χ0n) is 10.3. The highest BCUT2D eigenvalue weighted by molar-refractivity contribution is 7.89. The van der Waals surface area contributed by atoms with E-state index in [1.165, 1.54) is 12.1 Å². The van der Waals surface area contributed by atoms with Gasteiger partial charge in [0, 0.05) is 11.1 Å². The number of nitrogens with two attached hydrogens (primary N) is 2. The molecule has 102 valence electrons. The summed E-state index contributed by atoms with van der Waals surface area (Å²) in [7, 11) is -3.72. The van der Waals surface area contributed by atoms with Crippen LogP contribution in [0, 0.1) is 6.92 Å². The number of nitrogens with one attached hydrogen (secondary N) is 1. The predicted octanol–water partition coefficient (Wildman–Crippen LogP) is 1.29. The number of hydrogen-bond acceptors (Lipinski definition) is 6. The van der Waals surface area contributed by atoms with Crippen LogP contribution in [-0.4, -0.2) is 13.4 Å². The summed E-state index contributed by atoms with van der Waals surface area (Å²) in [6.07, 6.45) is 1.80. The third-order valence-corrected chi connectivity index (χ3v) is 4.27. The Morgan fingerprint density at radius 1 is 1.42 bits per heavy atom. The van der Waals surface area contributed by atoms with Crippen LogP contribution in [0.2, 0.25) is 0 Å². The van der Waals surface area contributed by atoms with E-state index in [1.54, 1.807) is 23.6 Å². The zero-order chi connectivity index (χ0) is 14.0. The summed E-state index contributed by atoms with van der Waals surface area (Å²) in [4.78, 5) is 5.35. The van der Waals surface area contributed by atoms with Crippen molar-refractivity contribution in [1.82, 2.24) is 4.98 Å². The lowest BCUT2D eigenvalue weighted by atomic mass is 10.2. The van der Waals surface area contributed by atoms with Crippen LogP contribution in [0.15, 0.2) is 29.3 Å². The standard InChI is InChI=1S/C11H14N4O2S2/c1-7-5-15-11(18-7)6-14-10-3-2-8(4-9(10)12)19(13,16)17/h2-5,14H,6,12H2,1H3,(H2,13,16,17). The molecule has 0 spiro atoms. The number of benzene rings is 1. The molecule has 2 aromatic rings. The van der Waals surface area contributed by atoms with Gasteiger partial charge in [-0.05, 0) is 25.1 Å². The highest BCUT2D eigenvalue weighted by Crippen LogP contribution is 2.23. The molecule has 2 rings (SSSR count). The Morgan fingerprint density at radius 2 is 2.16 bits per heavy atom. The molecule has 0 atom stereocenters. The second-order valence-electron chi connectivity index (χ2n) is 4.01. The summed E-state index contributed by atoms with van der Waals surface area (Å²) in [5.74, 6) is 0. The van der Waals surface area contributed by atoms with Crippen LogP contribution in [0.4, 0.5) is 11.4 Å². The van der Waals surface area contributed by atoms with E-state index in [-0.39, 0.29) is 4.90 Å². The Bertz CT molecular complexity index is 694. The molecule has 1 heterocycles. The number of hydrogen-bond donors (Lipinski definition) is 3. The van der Waals surface area contributed by atoms with Crippen LogP contribution in [0.25, 0.3) is 0 Å². The zero-order valence-corrected chi connectivity index (χ0v) is 11.9. The summed E-state index contributed by atoms with van der Waals surface area (Å²) in [6.45, 7) is 2.52. The number of nitrogen functional groups attached to an aromatic ring is 1. The van der Waals surface area contributed by atoms with Gasteiger partial charge in [0.1, 0.15) is 5.01 Å². The molecule has 5 N–H and O–H groups in total. The lowest BCUT2D eigenvalue weighted by molar-refractivity contribution is 0.598. The van der Waals surface area contributed by atoms with E-state index >= 15 is 0 Å². The maximum Gasteiger partial charge on any atom is 0.238 e. The Kier molecular flexibility index (Phi) is 3.74. The minimum atomic E-state index is -3.72. The van der Waals surface area contributed by atoms with Gasteiger partial charge in [0.25, 0.3) is 0 Å². The topological polar surface area (TPSA) is 111 Å². The molecule has 0 unspecified atom stereocenters. The van der Waals surface area contributed by atoms with E-state index in [2.05, 4.69) is 10.3 Å². The van der Waals surface area contributed by atoms with Gasteiger partial charge in [-0.15, -0.1) is 11.3 Å². The van der Waals surface area contributed by atoms with Gasteiger partial charge in [-0.3, -0.25) is 0 Å². The fourth-order valence-corrected chi connectivity index (χ4v) is 2.81. The highest BCUT2D eigenvalue weighted by atomic mass is 32.2. The van der Waals surface area contributed by atoms with E-state index in [0.717, 1.165) is 9.88 Å². The van der Waals surface area contributed by atoms with Crippen molar-refractivity contribution in [3.63, 3.8) is 0 Å². The van der Waals surface area contributed by atoms with Crippen LogP contribution in [0.1, 0.15) is 9.88 Å². The Morgan fingerprint density at radius 3 is 2.68 bits per heavy atom. The lowest BCUT2D eigenvalue weighted by Crippen LogP contribution is -2.13. The van der Waals surface area contributed by atoms with Crippen molar-refractivity contribution < 1.29 is 8.42 Å². The van der Waals surface area contributed by atoms with Gasteiger partial charge in [-0.2, -0.15) is 0 Å². The summed E-state index contributed by atoms with van der Waals surface area (Å²) >= 11 is 1.59. The minimum absolute atomic E-state index is 0.000595. The van der Waals surface area contributed by atoms with Crippen molar-refractivity contribution >= 4 is 32.7 Å². The van der Waals surface area contributed by atoms with Crippen molar-refractivity contribution in [2.45, 2.75) is 18.4 Å². The average molecular weight is 298 g/mol. The molecule has 19 heavy (non-hydrogen) atoms. The molecule has 1 aromatic carbocycles. The normalized spacial score (nSPS) is 11.5. The van der Waals surface area contributed by atoms with Crippen LogP contribution in [-0.2, 0) is 16.6 Å². The molecule has 0 bridgehead atoms. The first-order valence-electron chi connectivity index (χ1n) is 5.44. The van der Waals surface area contributed by atoms with E-state index < -0.39 is 10.0 Å². The van der Waals surface area contributed by atoms with Crippen molar-refractivity contribution in [3.8, 4) is 0 Å². The largest absolute Gasteiger partial charge is 0.397 e. The number of sulfonamides is 1. The van der Waals surface area contributed by atoms with Crippen LogP contribution in [0.5, 0.6) is 0 Å². The van der Waals surface area contributed by atoms with Gasteiger partial charge in [0.2, 0.25) is 10.0 Å². The van der Waals surface area contributed by atoms with Gasteiger partial charge < -0.3 is 11.1 Å². The second-order valence-corrected chi connectivity index (χ2v) is 6.89. The number of rotatable bonds is 4. The molecule has 0 aliphatic heterocycles. The summed E-state index contributed by atoms with van der Waals surface area (Å²) in [6, 6.07) is 4.35. The van der Waals surface area contributed by atoms with Crippen molar-refractivity contribution in [3.05, 3.63) is 34.3 Å². The number of nitrogens with zero attached hydrogens (tertiary/aromatic N) is 1.